The lowest BCUT2D eigenvalue weighted by Gasteiger charge is -2.30. The van der Waals surface area contributed by atoms with Gasteiger partial charge in [0.2, 0.25) is 0 Å². The molecular formula is C21H25FN10O9P2. The van der Waals surface area contributed by atoms with E-state index in [2.05, 4.69) is 29.9 Å². The highest BCUT2D eigenvalue weighted by Gasteiger charge is 2.53. The molecule has 3 aliphatic rings. The van der Waals surface area contributed by atoms with Crippen molar-refractivity contribution < 1.29 is 46.1 Å². The third-order valence-electron chi connectivity index (χ3n) is 7.71. The fourth-order valence-electron chi connectivity index (χ4n) is 5.73. The monoisotopic (exact) mass is 642 g/mol. The molecule has 6 N–H and O–H groups in total. The Morgan fingerprint density at radius 1 is 0.814 bits per heavy atom. The molecule has 0 aromatic carbocycles. The van der Waals surface area contributed by atoms with Gasteiger partial charge in [0, 0.05) is 5.92 Å². The lowest BCUT2D eigenvalue weighted by atomic mass is 10.1. The molecule has 4 aromatic heterocycles. The second-order valence-electron chi connectivity index (χ2n) is 10.2. The summed E-state index contributed by atoms with van der Waals surface area (Å²) in [4.78, 5) is 45.7. The Bertz CT molecular complexity index is 1790. The fourth-order valence-corrected chi connectivity index (χ4v) is 7.75. The number of halogens is 1. The van der Waals surface area contributed by atoms with Crippen molar-refractivity contribution in [2.75, 3.05) is 24.7 Å². The standard InChI is InChI=1S/C21H25FN10O9P2/c22-12-16-11(39-21(12)32-8-30-14-18(24)26-6-28-20(14)32)4-38-43(35,36)40-15-9(3-37-42(33,34)41-16)1-2-10(15)31-7-29-13-17(23)25-5-27-19(13)31/h5-12,15-16,21H,1-4H2,(H,33,34)(H,35,36)(H2,23,25,27)(H2,24,26,28)/t9-,10-,11-,12-,15-,16-,21-/m1/s1. The second-order valence-corrected chi connectivity index (χ2v) is 13.1. The second kappa shape index (κ2) is 10.5. The van der Waals surface area contributed by atoms with Crippen molar-refractivity contribution in [2.24, 2.45) is 5.92 Å². The largest absolute Gasteiger partial charge is 0.472 e. The van der Waals surface area contributed by atoms with Gasteiger partial charge in [0.25, 0.3) is 0 Å². The van der Waals surface area contributed by atoms with Crippen molar-refractivity contribution >= 4 is 49.6 Å². The summed E-state index contributed by atoms with van der Waals surface area (Å²) in [6.07, 6.45) is -2.08. The number of imidazole rings is 2. The van der Waals surface area contributed by atoms with Crippen LogP contribution in [-0.4, -0.2) is 86.5 Å². The molecule has 6 heterocycles. The SMILES string of the molecule is Nc1ncnc2c1ncn2[C@@H]1CC[C@@H]2COP(=O)(O)O[C@H]3[C@@H](F)[C@H](n4cnc5c(N)ncnc54)O[C@@H]3COP(=O)(O)O[C@H]21. The van der Waals surface area contributed by atoms with Gasteiger partial charge >= 0.3 is 15.6 Å². The first-order valence-corrected chi connectivity index (χ1v) is 16.0. The molecule has 230 valence electrons. The predicted molar refractivity (Wildman–Crippen MR) is 141 cm³/mol. The number of anilines is 2. The number of phosphoric acid groups is 2. The van der Waals surface area contributed by atoms with Crippen molar-refractivity contribution in [3.63, 3.8) is 0 Å². The first-order chi connectivity index (χ1) is 20.5. The zero-order chi connectivity index (χ0) is 30.1. The van der Waals surface area contributed by atoms with E-state index >= 15 is 4.39 Å². The van der Waals surface area contributed by atoms with Crippen molar-refractivity contribution in [1.29, 1.82) is 0 Å². The summed E-state index contributed by atoms with van der Waals surface area (Å²) in [6.45, 7) is -1.18. The molecule has 22 heteroatoms. The van der Waals surface area contributed by atoms with Gasteiger partial charge in [-0.3, -0.25) is 22.7 Å². The molecule has 19 nitrogen and oxygen atoms in total. The molecule has 1 saturated carbocycles. The molecule has 9 atom stereocenters. The summed E-state index contributed by atoms with van der Waals surface area (Å²) in [7, 11) is -9.74. The van der Waals surface area contributed by atoms with Crippen LogP contribution < -0.4 is 11.5 Å². The molecular weight excluding hydrogens is 617 g/mol. The normalized spacial score (nSPS) is 37.1. The quantitative estimate of drug-likeness (QED) is 0.223. The summed E-state index contributed by atoms with van der Waals surface area (Å²) < 4.78 is 72.1. The minimum Gasteiger partial charge on any atom is -0.382 e. The lowest BCUT2D eigenvalue weighted by molar-refractivity contribution is -0.0538. The lowest BCUT2D eigenvalue weighted by Crippen LogP contribution is -2.35. The topological polar surface area (TPSA) is 260 Å². The highest BCUT2D eigenvalue weighted by Crippen LogP contribution is 2.55. The molecule has 2 saturated heterocycles. The first-order valence-electron chi connectivity index (χ1n) is 13.0. The number of phosphoric ester groups is 2. The van der Waals surface area contributed by atoms with Crippen LogP contribution in [0.3, 0.4) is 0 Å². The maximum atomic E-state index is 15.9. The smallest absolute Gasteiger partial charge is 0.382 e. The molecule has 7 rings (SSSR count). The van der Waals surface area contributed by atoms with Crippen LogP contribution in [0, 0.1) is 5.92 Å². The Labute approximate surface area is 240 Å². The number of ether oxygens (including phenoxy) is 1. The van der Waals surface area contributed by atoms with E-state index in [1.165, 1.54) is 23.5 Å². The van der Waals surface area contributed by atoms with Crippen LogP contribution in [0.4, 0.5) is 16.0 Å². The Balaban J connectivity index is 1.18. The van der Waals surface area contributed by atoms with Gasteiger partial charge in [-0.2, -0.15) is 0 Å². The van der Waals surface area contributed by atoms with E-state index in [1.54, 1.807) is 4.57 Å². The molecule has 0 radical (unpaired) electrons. The van der Waals surface area contributed by atoms with Gasteiger partial charge in [-0.25, -0.2) is 43.4 Å². The van der Waals surface area contributed by atoms with Gasteiger partial charge < -0.3 is 30.6 Å². The number of hydrogen-bond donors (Lipinski definition) is 4. The maximum Gasteiger partial charge on any atom is 0.472 e. The Kier molecular flexibility index (Phi) is 6.95. The van der Waals surface area contributed by atoms with E-state index in [0.717, 1.165) is 6.33 Å². The zero-order valence-electron chi connectivity index (χ0n) is 21.9. The Hall–Kier alpha value is -3.19. The van der Waals surface area contributed by atoms with Crippen molar-refractivity contribution in [3.8, 4) is 0 Å². The molecule has 2 aliphatic heterocycles. The summed E-state index contributed by atoms with van der Waals surface area (Å²) in [5, 5.41) is 0. The number of fused-ring (bicyclic) bond motifs is 4. The predicted octanol–water partition coefficient (Wildman–Crippen LogP) is 1.04. The molecule has 0 bridgehead atoms. The summed E-state index contributed by atoms with van der Waals surface area (Å²) >= 11 is 0. The van der Waals surface area contributed by atoms with Gasteiger partial charge in [0.1, 0.15) is 35.9 Å². The van der Waals surface area contributed by atoms with Crippen LogP contribution >= 0.6 is 15.6 Å². The van der Waals surface area contributed by atoms with E-state index < -0.39 is 71.5 Å². The summed E-state index contributed by atoms with van der Waals surface area (Å²) in [5.74, 6) is -0.495. The number of hydrogen-bond acceptors (Lipinski definition) is 15. The van der Waals surface area contributed by atoms with Crippen LogP contribution in [0.25, 0.3) is 22.3 Å². The Morgan fingerprint density at radius 2 is 1.40 bits per heavy atom. The number of nitrogens with zero attached hydrogens (tertiary/aromatic N) is 8. The van der Waals surface area contributed by atoms with Gasteiger partial charge in [0.05, 0.1) is 38.0 Å². The van der Waals surface area contributed by atoms with Gasteiger partial charge in [-0.05, 0) is 12.8 Å². The molecule has 3 fully saturated rings. The van der Waals surface area contributed by atoms with Gasteiger partial charge in [-0.15, -0.1) is 0 Å². The minimum absolute atomic E-state index is 0.0401. The number of nitrogen functional groups attached to an aromatic ring is 2. The van der Waals surface area contributed by atoms with E-state index in [0.29, 0.717) is 24.0 Å². The number of nitrogens with two attached hydrogens (primary N) is 2. The van der Waals surface area contributed by atoms with Crippen LogP contribution in [0.15, 0.2) is 25.3 Å². The Morgan fingerprint density at radius 3 is 2.07 bits per heavy atom. The fraction of sp³-hybridized carbons (Fsp3) is 0.524. The van der Waals surface area contributed by atoms with Crippen LogP contribution in [0.5, 0.6) is 0 Å². The highest BCUT2D eigenvalue weighted by atomic mass is 31.2. The zero-order valence-corrected chi connectivity index (χ0v) is 23.7. The summed E-state index contributed by atoms with van der Waals surface area (Å²) in [5.41, 5.74) is 12.7. The third kappa shape index (κ3) is 5.07. The van der Waals surface area contributed by atoms with Crippen LogP contribution in [0.1, 0.15) is 25.1 Å². The number of rotatable bonds is 2. The molecule has 0 spiro atoms. The van der Waals surface area contributed by atoms with Crippen LogP contribution in [-0.2, 0) is 32.0 Å². The maximum absolute atomic E-state index is 15.9. The van der Waals surface area contributed by atoms with Crippen molar-refractivity contribution in [3.05, 3.63) is 25.3 Å². The van der Waals surface area contributed by atoms with E-state index in [1.807, 2.05) is 0 Å². The molecule has 1 aliphatic carbocycles. The molecule has 4 aromatic rings. The highest BCUT2D eigenvalue weighted by molar-refractivity contribution is 7.47. The number of alkyl halides is 1. The average Bonchev–Trinajstić information content (AvgIpc) is 3.72. The van der Waals surface area contributed by atoms with Gasteiger partial charge in [-0.1, -0.05) is 0 Å². The summed E-state index contributed by atoms with van der Waals surface area (Å²) in [6, 6.07) is -0.613. The molecule has 2 unspecified atom stereocenters. The van der Waals surface area contributed by atoms with Crippen LogP contribution in [0.2, 0.25) is 0 Å². The molecule has 0 amide bonds. The van der Waals surface area contributed by atoms with E-state index in [4.69, 9.17) is 34.3 Å². The third-order valence-corrected chi connectivity index (χ3v) is 9.68. The van der Waals surface area contributed by atoms with E-state index in [-0.39, 0.29) is 22.8 Å². The van der Waals surface area contributed by atoms with E-state index in [9.17, 15) is 18.9 Å². The van der Waals surface area contributed by atoms with Gasteiger partial charge in [0.15, 0.2) is 35.3 Å². The molecule has 43 heavy (non-hydrogen) atoms. The van der Waals surface area contributed by atoms with Crippen molar-refractivity contribution in [2.45, 2.75) is 49.6 Å². The first kappa shape index (κ1) is 28.6. The average molecular weight is 642 g/mol. The van der Waals surface area contributed by atoms with Crippen molar-refractivity contribution in [1.82, 2.24) is 39.0 Å². The number of aromatic nitrogens is 8. The minimum atomic E-state index is -4.90.